The molecule has 0 fully saturated rings. The Kier molecular flexibility index (Phi) is 2.39. The van der Waals surface area contributed by atoms with Gasteiger partial charge in [-0.2, -0.15) is 0 Å². The second-order valence-corrected chi connectivity index (χ2v) is 7.94. The fourth-order valence-corrected chi connectivity index (χ4v) is 5.21. The molecule has 0 unspecified atom stereocenters. The monoisotopic (exact) mass is 383 g/mol. The van der Waals surface area contributed by atoms with Crippen molar-refractivity contribution in [3.63, 3.8) is 0 Å². The fourth-order valence-electron chi connectivity index (χ4n) is 5.21. The van der Waals surface area contributed by atoms with Crippen LogP contribution in [0.5, 0.6) is 0 Å². The highest BCUT2D eigenvalue weighted by molar-refractivity contribution is 6.32. The summed E-state index contributed by atoms with van der Waals surface area (Å²) in [4.78, 5) is 8.79. The standard InChI is InChI=1S/C26H13N3O/c1-2-4-15-10-23-18(9-14(15)3-1)20-11-19-16-5-7-27-12-21(16)29-22-13-28-8-6-17(22)24(25(19)29)26(20)30-23/h1-13H. The van der Waals surface area contributed by atoms with Gasteiger partial charge in [0.2, 0.25) is 0 Å². The molecule has 0 amide bonds. The fraction of sp³-hybridized carbons (Fsp3) is 0. The topological polar surface area (TPSA) is 43.3 Å². The lowest BCUT2D eigenvalue weighted by atomic mass is 10.0. The third-order valence-electron chi connectivity index (χ3n) is 6.47. The van der Waals surface area contributed by atoms with Crippen molar-refractivity contribution in [1.29, 1.82) is 0 Å². The molecule has 0 aliphatic heterocycles. The summed E-state index contributed by atoms with van der Waals surface area (Å²) in [5.74, 6) is 0. The summed E-state index contributed by atoms with van der Waals surface area (Å²) in [5.41, 5.74) is 5.22. The molecule has 0 aliphatic carbocycles. The quantitative estimate of drug-likeness (QED) is 0.293. The first kappa shape index (κ1) is 14.8. The molecule has 4 nitrogen and oxygen atoms in total. The van der Waals surface area contributed by atoms with E-state index in [0.29, 0.717) is 0 Å². The van der Waals surface area contributed by atoms with E-state index in [9.17, 15) is 0 Å². The van der Waals surface area contributed by atoms with Crippen LogP contribution >= 0.6 is 0 Å². The number of rotatable bonds is 0. The van der Waals surface area contributed by atoms with Crippen LogP contribution in [-0.4, -0.2) is 14.4 Å². The molecular weight excluding hydrogens is 370 g/mol. The van der Waals surface area contributed by atoms with Gasteiger partial charge in [0.25, 0.3) is 0 Å². The van der Waals surface area contributed by atoms with E-state index in [1.807, 2.05) is 24.8 Å². The van der Waals surface area contributed by atoms with Gasteiger partial charge in [-0.15, -0.1) is 0 Å². The molecule has 4 heteroatoms. The minimum Gasteiger partial charge on any atom is -0.455 e. The van der Waals surface area contributed by atoms with Crippen LogP contribution in [0.25, 0.3) is 70.8 Å². The predicted molar refractivity (Wildman–Crippen MR) is 121 cm³/mol. The first-order valence-electron chi connectivity index (χ1n) is 9.99. The van der Waals surface area contributed by atoms with Gasteiger partial charge in [-0.1, -0.05) is 24.3 Å². The lowest BCUT2D eigenvalue weighted by Gasteiger charge is -1.98. The van der Waals surface area contributed by atoms with Gasteiger partial charge in [-0.3, -0.25) is 9.97 Å². The normalized spacial score (nSPS) is 12.7. The Hall–Kier alpha value is -4.18. The van der Waals surface area contributed by atoms with E-state index in [1.54, 1.807) is 0 Å². The van der Waals surface area contributed by atoms with Crippen LogP contribution in [0.3, 0.4) is 0 Å². The van der Waals surface area contributed by atoms with Crippen molar-refractivity contribution in [2.24, 2.45) is 0 Å². The van der Waals surface area contributed by atoms with Gasteiger partial charge in [0.1, 0.15) is 11.2 Å². The molecule has 0 spiro atoms. The zero-order chi connectivity index (χ0) is 19.4. The van der Waals surface area contributed by atoms with E-state index >= 15 is 0 Å². The smallest absolute Gasteiger partial charge is 0.145 e. The molecule has 0 N–H and O–H groups in total. The molecule has 0 radical (unpaired) electrons. The third-order valence-corrected chi connectivity index (χ3v) is 6.47. The lowest BCUT2D eigenvalue weighted by molar-refractivity contribution is 0.673. The minimum absolute atomic E-state index is 0.924. The highest BCUT2D eigenvalue weighted by Gasteiger charge is 2.23. The van der Waals surface area contributed by atoms with Crippen LogP contribution in [0.2, 0.25) is 0 Å². The molecule has 8 rings (SSSR count). The summed E-state index contributed by atoms with van der Waals surface area (Å²) >= 11 is 0. The van der Waals surface area contributed by atoms with Gasteiger partial charge in [0.15, 0.2) is 0 Å². The molecule has 0 saturated carbocycles. The van der Waals surface area contributed by atoms with Crippen molar-refractivity contribution in [2.45, 2.75) is 0 Å². The Labute approximate surface area is 169 Å². The van der Waals surface area contributed by atoms with E-state index < -0.39 is 0 Å². The number of aromatic nitrogens is 3. The number of fused-ring (bicyclic) bond motifs is 11. The lowest BCUT2D eigenvalue weighted by Crippen LogP contribution is -1.81. The Bertz CT molecular complexity index is 1960. The molecule has 0 aliphatic rings. The van der Waals surface area contributed by atoms with Crippen LogP contribution in [0, 0.1) is 0 Å². The molecule has 0 atom stereocenters. The molecule has 138 valence electrons. The SMILES string of the molecule is c1ccc2cc3c(cc2c1)oc1c3cc2c3ccncc3n3c4cnccc4c1c23. The van der Waals surface area contributed by atoms with Crippen molar-refractivity contribution in [2.75, 3.05) is 0 Å². The zero-order valence-electron chi connectivity index (χ0n) is 15.8. The Balaban J connectivity index is 1.75. The van der Waals surface area contributed by atoms with Crippen LogP contribution in [0.4, 0.5) is 0 Å². The maximum absolute atomic E-state index is 6.53. The van der Waals surface area contributed by atoms with E-state index in [2.05, 4.69) is 69.0 Å². The van der Waals surface area contributed by atoms with E-state index in [4.69, 9.17) is 4.42 Å². The van der Waals surface area contributed by atoms with Crippen molar-refractivity contribution >= 4 is 70.8 Å². The molecule has 8 aromatic rings. The van der Waals surface area contributed by atoms with E-state index in [-0.39, 0.29) is 0 Å². The number of nitrogens with zero attached hydrogens (tertiary/aromatic N) is 3. The summed E-state index contributed by atoms with van der Waals surface area (Å²) < 4.78 is 8.80. The Morgan fingerprint density at radius 1 is 0.667 bits per heavy atom. The number of benzene rings is 3. The van der Waals surface area contributed by atoms with Crippen molar-refractivity contribution in [1.82, 2.24) is 14.4 Å². The first-order chi connectivity index (χ1) is 14.9. The number of hydrogen-bond acceptors (Lipinski definition) is 3. The molecule has 5 heterocycles. The molecular formula is C26H13N3O. The van der Waals surface area contributed by atoms with Gasteiger partial charge >= 0.3 is 0 Å². The van der Waals surface area contributed by atoms with Crippen LogP contribution in [0.15, 0.2) is 83.8 Å². The molecule has 0 bridgehead atoms. The summed E-state index contributed by atoms with van der Waals surface area (Å²) in [6.07, 6.45) is 7.59. The summed E-state index contributed by atoms with van der Waals surface area (Å²) in [7, 11) is 0. The second-order valence-electron chi connectivity index (χ2n) is 7.94. The highest BCUT2D eigenvalue weighted by Crippen LogP contribution is 2.45. The summed E-state index contributed by atoms with van der Waals surface area (Å²) in [5, 5.41) is 9.45. The number of pyridine rings is 2. The van der Waals surface area contributed by atoms with Gasteiger partial charge < -0.3 is 8.82 Å². The minimum atomic E-state index is 0.924. The zero-order valence-corrected chi connectivity index (χ0v) is 15.8. The average Bonchev–Trinajstić information content (AvgIpc) is 3.43. The third kappa shape index (κ3) is 1.57. The Morgan fingerprint density at radius 2 is 1.40 bits per heavy atom. The maximum atomic E-state index is 6.53. The van der Waals surface area contributed by atoms with Crippen LogP contribution < -0.4 is 0 Å². The van der Waals surface area contributed by atoms with Gasteiger partial charge in [-0.05, 0) is 41.1 Å². The van der Waals surface area contributed by atoms with Gasteiger partial charge in [0, 0.05) is 39.3 Å². The molecule has 30 heavy (non-hydrogen) atoms. The van der Waals surface area contributed by atoms with Crippen LogP contribution in [0.1, 0.15) is 0 Å². The maximum Gasteiger partial charge on any atom is 0.145 e. The number of hydrogen-bond donors (Lipinski definition) is 0. The highest BCUT2D eigenvalue weighted by atomic mass is 16.3. The predicted octanol–water partition coefficient (Wildman–Crippen LogP) is 6.68. The van der Waals surface area contributed by atoms with Crippen molar-refractivity contribution < 1.29 is 4.42 Å². The average molecular weight is 383 g/mol. The molecule has 5 aromatic heterocycles. The van der Waals surface area contributed by atoms with Crippen LogP contribution in [-0.2, 0) is 0 Å². The van der Waals surface area contributed by atoms with Crippen molar-refractivity contribution in [3.05, 3.63) is 79.4 Å². The molecule has 3 aromatic carbocycles. The van der Waals surface area contributed by atoms with Gasteiger partial charge in [-0.25, -0.2) is 0 Å². The second kappa shape index (κ2) is 4.86. The first-order valence-corrected chi connectivity index (χ1v) is 9.99. The largest absolute Gasteiger partial charge is 0.455 e. The van der Waals surface area contributed by atoms with E-state index in [0.717, 1.165) is 43.7 Å². The van der Waals surface area contributed by atoms with Crippen molar-refractivity contribution in [3.8, 4) is 0 Å². The number of furan rings is 1. The summed E-state index contributed by atoms with van der Waals surface area (Å²) in [6.45, 7) is 0. The summed E-state index contributed by atoms with van der Waals surface area (Å²) in [6, 6.07) is 19.3. The Morgan fingerprint density at radius 3 is 2.23 bits per heavy atom. The molecule has 0 saturated heterocycles. The van der Waals surface area contributed by atoms with E-state index in [1.165, 1.54) is 27.1 Å². The van der Waals surface area contributed by atoms with Gasteiger partial charge in [0.05, 0.1) is 34.3 Å².